The van der Waals surface area contributed by atoms with Gasteiger partial charge in [-0.05, 0) is 81.8 Å². The summed E-state index contributed by atoms with van der Waals surface area (Å²) in [5, 5.41) is 13.6. The standard InChI is InChI=1S/C23H27N3O2/c27-22-16-5-1-2-6-19(16)24-21(22)14-18-17-13-15(7-8-20(17)25-23(18)28)9-12-26-10-3-4-11-26/h7-8,13-14,24,27H,1-6,9-12H2,(H,25,28). The van der Waals surface area contributed by atoms with E-state index in [4.69, 9.17) is 0 Å². The Hall–Kier alpha value is -2.53. The van der Waals surface area contributed by atoms with Gasteiger partial charge in [-0.1, -0.05) is 6.07 Å². The average molecular weight is 377 g/mol. The quantitative estimate of drug-likeness (QED) is 0.711. The smallest absolute Gasteiger partial charge is 0.256 e. The lowest BCUT2D eigenvalue weighted by Gasteiger charge is -2.14. The summed E-state index contributed by atoms with van der Waals surface area (Å²) in [4.78, 5) is 18.4. The van der Waals surface area contributed by atoms with E-state index in [0.717, 1.165) is 61.2 Å². The number of amides is 1. The Morgan fingerprint density at radius 1 is 1.11 bits per heavy atom. The van der Waals surface area contributed by atoms with Crippen molar-refractivity contribution in [2.24, 2.45) is 0 Å². The summed E-state index contributed by atoms with van der Waals surface area (Å²) in [6, 6.07) is 6.25. The highest BCUT2D eigenvalue weighted by Crippen LogP contribution is 2.38. The van der Waals surface area contributed by atoms with E-state index in [-0.39, 0.29) is 5.91 Å². The zero-order valence-electron chi connectivity index (χ0n) is 16.2. The number of anilines is 1. The van der Waals surface area contributed by atoms with E-state index >= 15 is 0 Å². The molecule has 1 aromatic heterocycles. The summed E-state index contributed by atoms with van der Waals surface area (Å²) in [5.74, 6) is 0.215. The molecule has 1 saturated heterocycles. The molecular weight excluding hydrogens is 350 g/mol. The molecule has 28 heavy (non-hydrogen) atoms. The number of hydrogen-bond donors (Lipinski definition) is 3. The first kappa shape index (κ1) is 17.6. The average Bonchev–Trinajstić information content (AvgIpc) is 3.41. The summed E-state index contributed by atoms with van der Waals surface area (Å²) in [5.41, 5.74) is 6.49. The van der Waals surface area contributed by atoms with Crippen molar-refractivity contribution in [1.29, 1.82) is 0 Å². The number of nitrogens with zero attached hydrogens (tertiary/aromatic N) is 1. The minimum atomic E-state index is -0.0985. The first-order valence-electron chi connectivity index (χ1n) is 10.5. The first-order chi connectivity index (χ1) is 13.7. The van der Waals surface area contributed by atoms with Crippen LogP contribution >= 0.6 is 0 Å². The highest BCUT2D eigenvalue weighted by Gasteiger charge is 2.26. The van der Waals surface area contributed by atoms with E-state index in [2.05, 4.69) is 27.3 Å². The Kier molecular flexibility index (Phi) is 4.47. The molecule has 5 rings (SSSR count). The van der Waals surface area contributed by atoms with E-state index in [0.29, 0.717) is 17.0 Å². The number of likely N-dealkylation sites (tertiary alicyclic amines) is 1. The van der Waals surface area contributed by atoms with Crippen molar-refractivity contribution < 1.29 is 9.90 Å². The predicted molar refractivity (Wildman–Crippen MR) is 111 cm³/mol. The zero-order valence-corrected chi connectivity index (χ0v) is 16.2. The Morgan fingerprint density at radius 3 is 2.75 bits per heavy atom. The van der Waals surface area contributed by atoms with Crippen molar-refractivity contribution in [2.45, 2.75) is 44.9 Å². The second kappa shape index (κ2) is 7.13. The highest BCUT2D eigenvalue weighted by molar-refractivity contribution is 6.35. The fraction of sp³-hybridized carbons (Fsp3) is 0.435. The van der Waals surface area contributed by atoms with Crippen LogP contribution in [0.25, 0.3) is 11.6 Å². The van der Waals surface area contributed by atoms with Gasteiger partial charge in [0.15, 0.2) is 0 Å². The summed E-state index contributed by atoms with van der Waals surface area (Å²) in [7, 11) is 0. The fourth-order valence-electron chi connectivity index (χ4n) is 4.77. The number of nitrogens with one attached hydrogen (secondary N) is 2. The molecule has 0 spiro atoms. The predicted octanol–water partition coefficient (Wildman–Crippen LogP) is 3.73. The van der Waals surface area contributed by atoms with Gasteiger partial charge in [-0.2, -0.15) is 0 Å². The Morgan fingerprint density at radius 2 is 1.93 bits per heavy atom. The molecule has 3 N–H and O–H groups in total. The third-order valence-corrected chi connectivity index (χ3v) is 6.37. The van der Waals surface area contributed by atoms with Gasteiger partial charge in [0.05, 0.1) is 11.3 Å². The van der Waals surface area contributed by atoms with Crippen LogP contribution in [0.5, 0.6) is 5.75 Å². The first-order valence-corrected chi connectivity index (χ1v) is 10.5. The SMILES string of the molecule is O=C1Nc2ccc(CCN3CCCC3)cc2C1=Cc1[nH]c2c(c1O)CCCC2. The van der Waals surface area contributed by atoms with E-state index < -0.39 is 0 Å². The maximum atomic E-state index is 12.6. The number of aromatic nitrogens is 1. The van der Waals surface area contributed by atoms with Gasteiger partial charge in [0.25, 0.3) is 5.91 Å². The van der Waals surface area contributed by atoms with E-state index in [9.17, 15) is 9.90 Å². The molecule has 0 atom stereocenters. The van der Waals surface area contributed by atoms with Crippen molar-refractivity contribution >= 4 is 23.2 Å². The maximum absolute atomic E-state index is 12.6. The lowest BCUT2D eigenvalue weighted by atomic mass is 9.97. The molecule has 5 nitrogen and oxygen atoms in total. The molecule has 146 valence electrons. The topological polar surface area (TPSA) is 68.4 Å². The van der Waals surface area contributed by atoms with Gasteiger partial charge in [-0.3, -0.25) is 4.79 Å². The molecule has 0 bridgehead atoms. The molecule has 3 aliphatic rings. The van der Waals surface area contributed by atoms with Crippen LogP contribution < -0.4 is 5.32 Å². The highest BCUT2D eigenvalue weighted by atomic mass is 16.3. The molecule has 2 aromatic rings. The minimum Gasteiger partial charge on any atom is -0.505 e. The molecule has 2 aliphatic heterocycles. The van der Waals surface area contributed by atoms with Crippen molar-refractivity contribution in [3.8, 4) is 5.75 Å². The van der Waals surface area contributed by atoms with Crippen molar-refractivity contribution in [1.82, 2.24) is 9.88 Å². The number of aromatic hydroxyl groups is 1. The van der Waals surface area contributed by atoms with Gasteiger partial charge in [0.2, 0.25) is 0 Å². The molecule has 1 fully saturated rings. The van der Waals surface area contributed by atoms with Gasteiger partial charge < -0.3 is 20.3 Å². The van der Waals surface area contributed by atoms with E-state index in [1.54, 1.807) is 0 Å². The largest absolute Gasteiger partial charge is 0.505 e. The molecule has 1 amide bonds. The van der Waals surface area contributed by atoms with Crippen LogP contribution in [-0.2, 0) is 24.1 Å². The van der Waals surface area contributed by atoms with Crippen LogP contribution in [-0.4, -0.2) is 40.5 Å². The summed E-state index contributed by atoms with van der Waals surface area (Å²) >= 11 is 0. The number of fused-ring (bicyclic) bond motifs is 2. The number of aryl methyl sites for hydroxylation is 1. The number of H-pyrrole nitrogens is 1. The van der Waals surface area contributed by atoms with Crippen LogP contribution in [0.15, 0.2) is 18.2 Å². The lowest BCUT2D eigenvalue weighted by molar-refractivity contribution is -0.110. The van der Waals surface area contributed by atoms with Crippen molar-refractivity contribution in [3.05, 3.63) is 46.3 Å². The monoisotopic (exact) mass is 377 g/mol. The Bertz CT molecular complexity index is 951. The minimum absolute atomic E-state index is 0.0985. The third-order valence-electron chi connectivity index (χ3n) is 6.37. The number of carbonyl (C=O) groups excluding carboxylic acids is 1. The van der Waals surface area contributed by atoms with Crippen molar-refractivity contribution in [2.75, 3.05) is 25.0 Å². The van der Waals surface area contributed by atoms with Gasteiger partial charge in [-0.25, -0.2) is 0 Å². The number of rotatable bonds is 4. The van der Waals surface area contributed by atoms with Crippen LogP contribution in [0.2, 0.25) is 0 Å². The summed E-state index contributed by atoms with van der Waals surface area (Å²) in [6.45, 7) is 3.48. The maximum Gasteiger partial charge on any atom is 0.256 e. The molecule has 0 saturated carbocycles. The third kappa shape index (κ3) is 3.14. The number of aromatic amines is 1. The zero-order chi connectivity index (χ0) is 19.1. The van der Waals surface area contributed by atoms with Crippen LogP contribution in [0, 0.1) is 0 Å². The second-order valence-corrected chi connectivity index (χ2v) is 8.24. The van der Waals surface area contributed by atoms with Gasteiger partial charge >= 0.3 is 0 Å². The Balaban J connectivity index is 1.44. The number of carbonyl (C=O) groups is 1. The molecule has 3 heterocycles. The van der Waals surface area contributed by atoms with Gasteiger partial charge in [0.1, 0.15) is 5.75 Å². The van der Waals surface area contributed by atoms with E-state index in [1.165, 1.54) is 31.5 Å². The van der Waals surface area contributed by atoms with Crippen molar-refractivity contribution in [3.63, 3.8) is 0 Å². The lowest BCUT2D eigenvalue weighted by Crippen LogP contribution is -2.21. The number of benzene rings is 1. The summed E-state index contributed by atoms with van der Waals surface area (Å²) < 4.78 is 0. The molecule has 5 heteroatoms. The fourth-order valence-corrected chi connectivity index (χ4v) is 4.77. The Labute approximate surface area is 165 Å². The van der Waals surface area contributed by atoms with Crippen LogP contribution in [0.4, 0.5) is 5.69 Å². The molecule has 0 unspecified atom stereocenters. The molecule has 0 radical (unpaired) electrons. The van der Waals surface area contributed by atoms with Gasteiger partial charge in [-0.15, -0.1) is 0 Å². The summed E-state index contributed by atoms with van der Waals surface area (Å²) in [6.07, 6.45) is 9.55. The van der Waals surface area contributed by atoms with Crippen LogP contribution in [0.1, 0.15) is 53.8 Å². The second-order valence-electron chi connectivity index (χ2n) is 8.24. The number of hydrogen-bond acceptors (Lipinski definition) is 3. The molecular formula is C23H27N3O2. The van der Waals surface area contributed by atoms with Crippen LogP contribution in [0.3, 0.4) is 0 Å². The molecule has 1 aromatic carbocycles. The molecule has 1 aliphatic carbocycles. The van der Waals surface area contributed by atoms with Gasteiger partial charge in [0, 0.05) is 29.1 Å². The van der Waals surface area contributed by atoms with E-state index in [1.807, 2.05) is 12.1 Å². The normalized spacial score (nSPS) is 20.4.